The second-order valence-corrected chi connectivity index (χ2v) is 1.33. The van der Waals surface area contributed by atoms with Crippen molar-refractivity contribution in [2.45, 2.75) is 27.2 Å². The highest BCUT2D eigenvalue weighted by atomic mass is 19.3. The van der Waals surface area contributed by atoms with E-state index >= 15 is 0 Å². The Bertz CT molecular complexity index is 85.8. The molecule has 1 amide bonds. The first kappa shape index (κ1) is 12.0. The third-order valence-corrected chi connectivity index (χ3v) is 0.505. The number of hydrogen-bond donors (Lipinski definition) is 1. The summed E-state index contributed by atoms with van der Waals surface area (Å²) in [5.74, 6) is -0.426. The van der Waals surface area contributed by atoms with Crippen molar-refractivity contribution in [3.05, 3.63) is 0 Å². The number of amides is 1. The molecule has 0 saturated heterocycles. The molecule has 0 bridgehead atoms. The molecule has 1 N–H and O–H groups in total. The van der Waals surface area contributed by atoms with Gasteiger partial charge in [0.05, 0.1) is 6.54 Å². The van der Waals surface area contributed by atoms with Crippen molar-refractivity contribution in [1.29, 1.82) is 0 Å². The number of hydrogen-bond acceptors (Lipinski definition) is 1. The second kappa shape index (κ2) is 8.33. The first-order valence-electron chi connectivity index (χ1n) is 3.15. The summed E-state index contributed by atoms with van der Waals surface area (Å²) in [4.78, 5) is 9.90. The highest BCUT2D eigenvalue weighted by Gasteiger charge is 2.00. The van der Waals surface area contributed by atoms with Gasteiger partial charge in [0.2, 0.25) is 5.91 Å². The lowest BCUT2D eigenvalue weighted by molar-refractivity contribution is -0.119. The summed E-state index contributed by atoms with van der Waals surface area (Å²) in [5.41, 5.74) is 0. The summed E-state index contributed by atoms with van der Waals surface area (Å²) in [6, 6.07) is 0. The van der Waals surface area contributed by atoms with Crippen molar-refractivity contribution in [1.82, 2.24) is 5.32 Å². The highest BCUT2D eigenvalue weighted by molar-refractivity contribution is 5.72. The first-order chi connectivity index (χ1) is 4.63. The van der Waals surface area contributed by atoms with Gasteiger partial charge in [-0.2, -0.15) is 0 Å². The van der Waals surface area contributed by atoms with Gasteiger partial charge in [0.25, 0.3) is 6.43 Å². The van der Waals surface area contributed by atoms with E-state index < -0.39 is 18.9 Å². The van der Waals surface area contributed by atoms with Gasteiger partial charge in [0, 0.05) is 6.92 Å². The maximum absolute atomic E-state index is 11.2. The lowest BCUT2D eigenvalue weighted by Crippen LogP contribution is -2.25. The molecule has 0 unspecified atom stereocenters. The number of halogens is 2. The van der Waals surface area contributed by atoms with Crippen LogP contribution in [0.3, 0.4) is 0 Å². The summed E-state index contributed by atoms with van der Waals surface area (Å²) < 4.78 is 22.4. The molecule has 0 spiro atoms. The molecule has 0 aliphatic heterocycles. The fraction of sp³-hybridized carbons (Fsp3) is 0.833. The van der Waals surface area contributed by atoms with Crippen LogP contribution in [0.1, 0.15) is 20.8 Å². The molecule has 0 aromatic heterocycles. The Labute approximate surface area is 59.6 Å². The van der Waals surface area contributed by atoms with Crippen molar-refractivity contribution in [3.63, 3.8) is 0 Å². The minimum atomic E-state index is -2.45. The summed E-state index contributed by atoms with van der Waals surface area (Å²) in [6.45, 7) is 4.65. The van der Waals surface area contributed by atoms with E-state index in [2.05, 4.69) is 0 Å². The van der Waals surface area contributed by atoms with Crippen molar-refractivity contribution in [2.75, 3.05) is 6.54 Å². The predicted molar refractivity (Wildman–Crippen MR) is 36.0 cm³/mol. The number of nitrogens with one attached hydrogen (secondary N) is 1. The lowest BCUT2D eigenvalue weighted by Gasteiger charge is -1.97. The first-order valence-corrected chi connectivity index (χ1v) is 3.15. The van der Waals surface area contributed by atoms with Gasteiger partial charge in [-0.1, -0.05) is 13.8 Å². The van der Waals surface area contributed by atoms with Crippen LogP contribution in [0.2, 0.25) is 0 Å². The molecule has 62 valence electrons. The average molecular weight is 153 g/mol. The molecule has 0 atom stereocenters. The molecule has 0 aromatic carbocycles. The molecule has 0 fully saturated rings. The van der Waals surface area contributed by atoms with Gasteiger partial charge in [-0.15, -0.1) is 0 Å². The van der Waals surface area contributed by atoms with Gasteiger partial charge in [0.15, 0.2) is 0 Å². The van der Waals surface area contributed by atoms with Crippen LogP contribution >= 0.6 is 0 Å². The van der Waals surface area contributed by atoms with Crippen molar-refractivity contribution in [2.24, 2.45) is 0 Å². The van der Waals surface area contributed by atoms with Gasteiger partial charge in [0.1, 0.15) is 0 Å². The largest absolute Gasteiger partial charge is 0.351 e. The zero-order valence-electron chi connectivity index (χ0n) is 6.45. The van der Waals surface area contributed by atoms with Crippen LogP contribution in [-0.4, -0.2) is 18.9 Å². The summed E-state index contributed by atoms with van der Waals surface area (Å²) in [6.07, 6.45) is -2.45. The fourth-order valence-electron chi connectivity index (χ4n) is 0.221. The van der Waals surface area contributed by atoms with E-state index in [-0.39, 0.29) is 0 Å². The highest BCUT2D eigenvalue weighted by Crippen LogP contribution is 1.86. The van der Waals surface area contributed by atoms with E-state index in [9.17, 15) is 13.6 Å². The third kappa shape index (κ3) is 15.7. The molecule has 2 nitrogen and oxygen atoms in total. The minimum Gasteiger partial charge on any atom is -0.351 e. The van der Waals surface area contributed by atoms with Gasteiger partial charge >= 0.3 is 0 Å². The molecule has 0 saturated carbocycles. The normalized spacial score (nSPS) is 8.20. The Morgan fingerprint density at radius 3 is 2.00 bits per heavy atom. The predicted octanol–water partition coefficient (Wildman–Crippen LogP) is 1.41. The van der Waals surface area contributed by atoms with E-state index in [4.69, 9.17) is 0 Å². The lowest BCUT2D eigenvalue weighted by atomic mass is 10.6. The van der Waals surface area contributed by atoms with Crippen LogP contribution < -0.4 is 5.32 Å². The molecule has 0 aromatic rings. The van der Waals surface area contributed by atoms with Crippen molar-refractivity contribution < 1.29 is 13.6 Å². The van der Waals surface area contributed by atoms with E-state index in [0.717, 1.165) is 0 Å². The average Bonchev–Trinajstić information content (AvgIpc) is 1.89. The molecule has 0 aliphatic carbocycles. The van der Waals surface area contributed by atoms with Gasteiger partial charge in [-0.25, -0.2) is 8.78 Å². The van der Waals surface area contributed by atoms with Gasteiger partial charge < -0.3 is 5.32 Å². The van der Waals surface area contributed by atoms with Crippen LogP contribution in [0.25, 0.3) is 0 Å². The second-order valence-electron chi connectivity index (χ2n) is 1.33. The van der Waals surface area contributed by atoms with Crippen molar-refractivity contribution in [3.8, 4) is 0 Å². The minimum absolute atomic E-state index is 0.426. The molecule has 0 aliphatic rings. The number of carbonyl (C=O) groups is 1. The zero-order valence-corrected chi connectivity index (χ0v) is 6.45. The SMILES string of the molecule is CC.CC(=O)NCC(F)F. The topological polar surface area (TPSA) is 29.1 Å². The standard InChI is InChI=1S/C4H7F2NO.C2H6/c1-3(8)7-2-4(5)6;1-2/h4H,2H2,1H3,(H,7,8);1-2H3. The summed E-state index contributed by atoms with van der Waals surface area (Å²) in [5, 5.41) is 1.96. The molecule has 4 heteroatoms. The van der Waals surface area contributed by atoms with Crippen molar-refractivity contribution >= 4 is 5.91 Å². The number of rotatable bonds is 2. The summed E-state index contributed by atoms with van der Waals surface area (Å²) in [7, 11) is 0. The maximum Gasteiger partial charge on any atom is 0.255 e. The summed E-state index contributed by atoms with van der Waals surface area (Å²) >= 11 is 0. The Morgan fingerprint density at radius 1 is 1.50 bits per heavy atom. The van der Waals surface area contributed by atoms with E-state index in [1.807, 2.05) is 19.2 Å². The molecular formula is C6H13F2NO. The quantitative estimate of drug-likeness (QED) is 0.638. The van der Waals surface area contributed by atoms with Crippen LogP contribution in [0.15, 0.2) is 0 Å². The third-order valence-electron chi connectivity index (χ3n) is 0.505. The molecule has 10 heavy (non-hydrogen) atoms. The molecular weight excluding hydrogens is 140 g/mol. The molecule has 0 radical (unpaired) electrons. The van der Waals surface area contributed by atoms with E-state index in [1.165, 1.54) is 6.92 Å². The van der Waals surface area contributed by atoms with E-state index in [0.29, 0.717) is 0 Å². The van der Waals surface area contributed by atoms with Crippen LogP contribution in [0.4, 0.5) is 8.78 Å². The van der Waals surface area contributed by atoms with E-state index in [1.54, 1.807) is 0 Å². The van der Waals surface area contributed by atoms with Gasteiger partial charge in [-0.3, -0.25) is 4.79 Å². The van der Waals surface area contributed by atoms with Gasteiger partial charge in [-0.05, 0) is 0 Å². The molecule has 0 rings (SSSR count). The fourth-order valence-corrected chi connectivity index (χ4v) is 0.221. The Balaban J connectivity index is 0. The maximum atomic E-state index is 11.2. The van der Waals surface area contributed by atoms with Crippen LogP contribution in [0.5, 0.6) is 0 Å². The number of carbonyl (C=O) groups excluding carboxylic acids is 1. The van der Waals surface area contributed by atoms with Crippen LogP contribution in [0, 0.1) is 0 Å². The smallest absolute Gasteiger partial charge is 0.255 e. The number of alkyl halides is 2. The zero-order chi connectivity index (χ0) is 8.57. The van der Waals surface area contributed by atoms with Crippen LogP contribution in [-0.2, 0) is 4.79 Å². The Hall–Kier alpha value is -0.670. The Morgan fingerprint density at radius 2 is 1.90 bits per heavy atom. The Kier molecular flexibility index (Phi) is 10.0. The monoisotopic (exact) mass is 153 g/mol. The molecule has 0 heterocycles.